The second kappa shape index (κ2) is 8.55. The molecule has 0 amide bonds. The van der Waals surface area contributed by atoms with Crippen molar-refractivity contribution in [1.82, 2.24) is 19.5 Å². The van der Waals surface area contributed by atoms with Gasteiger partial charge in [0.1, 0.15) is 24.0 Å². The van der Waals surface area contributed by atoms with Gasteiger partial charge >= 0.3 is 0 Å². The van der Waals surface area contributed by atoms with Crippen molar-refractivity contribution in [2.45, 2.75) is 37.5 Å². The highest BCUT2D eigenvalue weighted by Crippen LogP contribution is 2.37. The van der Waals surface area contributed by atoms with Crippen molar-refractivity contribution in [3.8, 4) is 16.9 Å². The van der Waals surface area contributed by atoms with Crippen LogP contribution < -0.4 is 10.1 Å². The van der Waals surface area contributed by atoms with Crippen LogP contribution >= 0.6 is 0 Å². The Bertz CT molecular complexity index is 1140. The normalized spacial score (nSPS) is 21.7. The van der Waals surface area contributed by atoms with Crippen LogP contribution in [0.15, 0.2) is 36.7 Å². The van der Waals surface area contributed by atoms with E-state index >= 15 is 0 Å². The van der Waals surface area contributed by atoms with Gasteiger partial charge in [-0.1, -0.05) is 0 Å². The number of nitrogens with zero attached hydrogens (tertiary/aromatic N) is 4. The highest BCUT2D eigenvalue weighted by molar-refractivity contribution is 5.78. The molecule has 6 rings (SSSR count). The summed E-state index contributed by atoms with van der Waals surface area (Å²) in [6, 6.07) is 7.14. The van der Waals surface area contributed by atoms with Gasteiger partial charge in [-0.15, -0.1) is 0 Å². The summed E-state index contributed by atoms with van der Waals surface area (Å²) in [6.45, 7) is 4.26. The van der Waals surface area contributed by atoms with Crippen molar-refractivity contribution < 1.29 is 18.6 Å². The lowest BCUT2D eigenvalue weighted by atomic mass is 9.89. The smallest absolute Gasteiger partial charge is 0.168 e. The molecule has 33 heavy (non-hydrogen) atoms. The molecule has 1 aromatic carbocycles. The first-order valence-electron chi connectivity index (χ1n) is 11.7. The summed E-state index contributed by atoms with van der Waals surface area (Å²) in [4.78, 5) is 7.21. The van der Waals surface area contributed by atoms with Gasteiger partial charge in [-0.3, -0.25) is 4.90 Å². The van der Waals surface area contributed by atoms with Crippen molar-refractivity contribution in [2.75, 3.05) is 44.8 Å². The molecule has 4 heterocycles. The molecule has 0 unspecified atom stereocenters. The first kappa shape index (κ1) is 20.8. The zero-order chi connectivity index (χ0) is 22.3. The van der Waals surface area contributed by atoms with Gasteiger partial charge in [-0.2, -0.15) is 5.10 Å². The van der Waals surface area contributed by atoms with E-state index in [1.165, 1.54) is 12.1 Å². The van der Waals surface area contributed by atoms with E-state index in [0.29, 0.717) is 42.8 Å². The first-order valence-corrected chi connectivity index (χ1v) is 11.7. The number of halogens is 1. The Labute approximate surface area is 191 Å². The fourth-order valence-corrected chi connectivity index (χ4v) is 5.25. The van der Waals surface area contributed by atoms with Gasteiger partial charge in [0.15, 0.2) is 11.4 Å². The standard InChI is InChI=1S/C24H28FN5O3/c25-18-13-17-14-20(15-18)31-10-9-29(19-1-4-24(5-2-19)32-11-12-33-24)8-6-26-22-3-7-30-23(28-22)21(17)16-27-30/h3,7,13-16,19H,1-2,4-6,8-12H2,(H,26,28). The molecule has 3 aromatic rings. The fourth-order valence-electron chi connectivity index (χ4n) is 5.25. The summed E-state index contributed by atoms with van der Waals surface area (Å²) < 4.78 is 33.9. The number of anilines is 1. The molecule has 8 nitrogen and oxygen atoms in total. The highest BCUT2D eigenvalue weighted by Gasteiger charge is 2.41. The molecule has 1 saturated carbocycles. The van der Waals surface area contributed by atoms with Crippen LogP contribution in [-0.4, -0.2) is 70.8 Å². The van der Waals surface area contributed by atoms with E-state index in [4.69, 9.17) is 19.2 Å². The van der Waals surface area contributed by atoms with Crippen LogP contribution in [0.2, 0.25) is 0 Å². The number of ether oxygens (including phenoxy) is 3. The van der Waals surface area contributed by atoms with Gasteiger partial charge in [-0.05, 0) is 36.6 Å². The van der Waals surface area contributed by atoms with Gasteiger partial charge in [0, 0.05) is 56.3 Å². The fraction of sp³-hybridized carbons (Fsp3) is 0.500. The third-order valence-electron chi connectivity index (χ3n) is 6.95. The first-order chi connectivity index (χ1) is 16.2. The van der Waals surface area contributed by atoms with Crippen molar-refractivity contribution in [2.24, 2.45) is 0 Å². The second-order valence-corrected chi connectivity index (χ2v) is 8.96. The maximum atomic E-state index is 14.4. The Morgan fingerprint density at radius 3 is 2.76 bits per heavy atom. The van der Waals surface area contributed by atoms with Crippen LogP contribution in [-0.2, 0) is 9.47 Å². The highest BCUT2D eigenvalue weighted by atomic mass is 19.1. The number of hydrogen-bond acceptors (Lipinski definition) is 7. The van der Waals surface area contributed by atoms with Crippen LogP contribution in [0.5, 0.6) is 5.75 Å². The van der Waals surface area contributed by atoms with E-state index < -0.39 is 0 Å². The maximum Gasteiger partial charge on any atom is 0.168 e. The molecule has 4 bridgehead atoms. The van der Waals surface area contributed by atoms with Gasteiger partial charge in [0.2, 0.25) is 0 Å². The van der Waals surface area contributed by atoms with E-state index in [1.807, 2.05) is 18.3 Å². The summed E-state index contributed by atoms with van der Waals surface area (Å²) in [5.41, 5.74) is 2.15. The maximum absolute atomic E-state index is 14.4. The van der Waals surface area contributed by atoms with E-state index in [-0.39, 0.29) is 11.6 Å². The lowest BCUT2D eigenvalue weighted by molar-refractivity contribution is -0.184. The van der Waals surface area contributed by atoms with Gasteiger partial charge < -0.3 is 19.5 Å². The molecule has 9 heteroatoms. The van der Waals surface area contributed by atoms with Crippen LogP contribution in [0.1, 0.15) is 25.7 Å². The molecule has 0 atom stereocenters. The summed E-state index contributed by atoms with van der Waals surface area (Å²) in [6.07, 6.45) is 7.46. The minimum atomic E-state index is -0.367. The van der Waals surface area contributed by atoms with Crippen molar-refractivity contribution in [3.05, 3.63) is 42.5 Å². The zero-order valence-corrected chi connectivity index (χ0v) is 18.5. The Hall–Kier alpha value is -2.75. The molecule has 3 aliphatic rings. The summed E-state index contributed by atoms with van der Waals surface area (Å²) in [5, 5.41) is 7.82. The Balaban J connectivity index is 1.26. The van der Waals surface area contributed by atoms with Gasteiger partial charge in [0.25, 0.3) is 0 Å². The SMILES string of the molecule is Fc1cc2cc(c1)-c1cnn3ccc(nc13)NCCN(C1CCC3(CC1)OCCO3)CCO2. The predicted octanol–water partition coefficient (Wildman–Crippen LogP) is 3.33. The molecular weight excluding hydrogens is 425 g/mol. The number of nitrogens with one attached hydrogen (secondary N) is 1. The Morgan fingerprint density at radius 2 is 1.91 bits per heavy atom. The number of rotatable bonds is 1. The van der Waals surface area contributed by atoms with E-state index in [1.54, 1.807) is 10.7 Å². The van der Waals surface area contributed by atoms with E-state index in [2.05, 4.69) is 15.3 Å². The molecule has 1 saturated heterocycles. The summed E-state index contributed by atoms with van der Waals surface area (Å²) in [7, 11) is 0. The third kappa shape index (κ3) is 4.16. The minimum absolute atomic E-state index is 0.339. The molecule has 2 fully saturated rings. The molecule has 2 aromatic heterocycles. The average Bonchev–Trinajstić information content (AvgIpc) is 3.45. The number of fused-ring (bicyclic) bond motifs is 4. The van der Waals surface area contributed by atoms with Crippen LogP contribution in [0.25, 0.3) is 16.8 Å². The largest absolute Gasteiger partial charge is 0.492 e. The monoisotopic (exact) mass is 453 g/mol. The molecule has 1 N–H and O–H groups in total. The molecule has 2 aliphatic heterocycles. The molecular formula is C24H28FN5O3. The van der Waals surface area contributed by atoms with Crippen molar-refractivity contribution in [3.63, 3.8) is 0 Å². The Morgan fingerprint density at radius 1 is 1.06 bits per heavy atom. The quantitative estimate of drug-likeness (QED) is 0.606. The summed E-state index contributed by atoms with van der Waals surface area (Å²) >= 11 is 0. The second-order valence-electron chi connectivity index (χ2n) is 8.96. The van der Waals surface area contributed by atoms with Gasteiger partial charge in [-0.25, -0.2) is 13.9 Å². The molecule has 0 radical (unpaired) electrons. The van der Waals surface area contributed by atoms with Crippen LogP contribution in [0, 0.1) is 5.82 Å². The third-order valence-corrected chi connectivity index (χ3v) is 6.95. The lowest BCUT2D eigenvalue weighted by Crippen LogP contribution is -2.46. The number of aromatic nitrogens is 3. The molecule has 174 valence electrons. The Kier molecular flexibility index (Phi) is 5.40. The molecule has 1 aliphatic carbocycles. The van der Waals surface area contributed by atoms with Crippen molar-refractivity contribution >= 4 is 11.5 Å². The zero-order valence-electron chi connectivity index (χ0n) is 18.5. The topological polar surface area (TPSA) is 73.2 Å². The lowest BCUT2D eigenvalue weighted by Gasteiger charge is -2.40. The van der Waals surface area contributed by atoms with Crippen molar-refractivity contribution in [1.29, 1.82) is 0 Å². The van der Waals surface area contributed by atoms with E-state index in [9.17, 15) is 4.39 Å². The predicted molar refractivity (Wildman–Crippen MR) is 121 cm³/mol. The van der Waals surface area contributed by atoms with Crippen LogP contribution in [0.4, 0.5) is 10.2 Å². The van der Waals surface area contributed by atoms with Gasteiger partial charge in [0.05, 0.1) is 19.4 Å². The van der Waals surface area contributed by atoms with E-state index in [0.717, 1.165) is 56.7 Å². The minimum Gasteiger partial charge on any atom is -0.492 e. The van der Waals surface area contributed by atoms with Crippen LogP contribution in [0.3, 0.4) is 0 Å². The molecule has 1 spiro atoms. The summed E-state index contributed by atoms with van der Waals surface area (Å²) in [5.74, 6) is 0.596. The average molecular weight is 454 g/mol. The number of benzene rings is 1. The number of hydrogen-bond donors (Lipinski definition) is 1.